The number of hydrogen-bond acceptors (Lipinski definition) is 3. The smallest absolute Gasteiger partial charge is 0.0571 e. The van der Waals surface area contributed by atoms with Crippen LogP contribution in [0.15, 0.2) is 168 Å². The third kappa shape index (κ3) is 6.06. The number of anilines is 2. The van der Waals surface area contributed by atoms with Crippen LogP contribution < -0.4 is 4.90 Å². The van der Waals surface area contributed by atoms with Crippen LogP contribution in [-0.4, -0.2) is 22.4 Å². The predicted octanol–water partition coefficient (Wildman–Crippen LogP) is 13.6. The van der Waals surface area contributed by atoms with E-state index < -0.39 is 0 Å². The van der Waals surface area contributed by atoms with Gasteiger partial charge in [0, 0.05) is 63.5 Å². The maximum atomic E-state index is 4.47. The molecule has 10 rings (SSSR count). The predicted molar refractivity (Wildman–Crippen MR) is 239 cm³/mol. The molecule has 6 aromatic carbocycles. The van der Waals surface area contributed by atoms with Crippen LogP contribution in [0, 0.1) is 6.92 Å². The fourth-order valence-electron chi connectivity index (χ4n) is 8.88. The van der Waals surface area contributed by atoms with Gasteiger partial charge in [-0.3, -0.25) is 4.98 Å². The van der Waals surface area contributed by atoms with E-state index in [4.69, 9.17) is 0 Å². The molecule has 4 heteroatoms. The Labute approximate surface area is 333 Å². The van der Waals surface area contributed by atoms with Crippen molar-refractivity contribution in [2.75, 3.05) is 17.7 Å². The number of thioether (sulfide) groups is 1. The van der Waals surface area contributed by atoms with Crippen molar-refractivity contribution in [2.24, 2.45) is 0 Å². The maximum absolute atomic E-state index is 4.47. The van der Waals surface area contributed by atoms with E-state index in [9.17, 15) is 0 Å². The Balaban J connectivity index is 1.02. The second-order valence-electron chi connectivity index (χ2n) is 15.3. The summed E-state index contributed by atoms with van der Waals surface area (Å²) in [6.45, 7) is 4.49. The second kappa shape index (κ2) is 14.2. The number of hydrogen-bond donors (Lipinski definition) is 0. The summed E-state index contributed by atoms with van der Waals surface area (Å²) in [6.07, 6.45) is 11.5. The number of aryl methyl sites for hydroxylation is 1. The summed E-state index contributed by atoms with van der Waals surface area (Å²) in [5.74, 6) is 1.06. The highest BCUT2D eigenvalue weighted by Crippen LogP contribution is 2.42. The first-order chi connectivity index (χ1) is 27.5. The molecule has 56 heavy (non-hydrogen) atoms. The Morgan fingerprint density at radius 2 is 1.46 bits per heavy atom. The van der Waals surface area contributed by atoms with Gasteiger partial charge in [0.05, 0.1) is 11.0 Å². The minimum Gasteiger partial charge on any atom is -0.344 e. The molecule has 0 radical (unpaired) electrons. The first-order valence-electron chi connectivity index (χ1n) is 19.6. The first kappa shape index (κ1) is 34.4. The van der Waals surface area contributed by atoms with Crippen molar-refractivity contribution in [2.45, 2.75) is 38.0 Å². The minimum absolute atomic E-state index is 0.893. The van der Waals surface area contributed by atoms with Crippen molar-refractivity contribution in [3.8, 4) is 27.9 Å². The van der Waals surface area contributed by atoms with Crippen LogP contribution in [0.1, 0.15) is 41.2 Å². The third-order valence-electron chi connectivity index (χ3n) is 11.7. The Hall–Kier alpha value is -6.10. The molecule has 3 nitrogen and oxygen atoms in total. The maximum Gasteiger partial charge on any atom is 0.0571 e. The van der Waals surface area contributed by atoms with Gasteiger partial charge >= 0.3 is 0 Å². The van der Waals surface area contributed by atoms with Crippen molar-refractivity contribution in [1.29, 1.82) is 0 Å². The fourth-order valence-corrected chi connectivity index (χ4v) is 9.83. The van der Waals surface area contributed by atoms with Crippen molar-refractivity contribution in [1.82, 2.24) is 9.55 Å². The molecular weight excluding hydrogens is 699 g/mol. The van der Waals surface area contributed by atoms with Gasteiger partial charge in [-0.15, -0.1) is 11.8 Å². The molecule has 0 atom stereocenters. The minimum atomic E-state index is 0.893. The van der Waals surface area contributed by atoms with Crippen molar-refractivity contribution in [3.05, 3.63) is 191 Å². The van der Waals surface area contributed by atoms with Gasteiger partial charge in [-0.1, -0.05) is 102 Å². The summed E-state index contributed by atoms with van der Waals surface area (Å²) < 4.78 is 2.40. The van der Waals surface area contributed by atoms with Crippen molar-refractivity contribution >= 4 is 50.5 Å². The van der Waals surface area contributed by atoms with Crippen LogP contribution in [0.25, 0.3) is 55.3 Å². The summed E-state index contributed by atoms with van der Waals surface area (Å²) in [5.41, 5.74) is 20.6. The number of allylic oxidation sites excluding steroid dienone is 4. The van der Waals surface area contributed by atoms with Gasteiger partial charge in [0.2, 0.25) is 0 Å². The molecule has 0 spiro atoms. The van der Waals surface area contributed by atoms with Crippen molar-refractivity contribution < 1.29 is 0 Å². The molecule has 0 saturated heterocycles. The zero-order valence-electron chi connectivity index (χ0n) is 32.1. The van der Waals surface area contributed by atoms with E-state index in [0.717, 1.165) is 25.0 Å². The van der Waals surface area contributed by atoms with E-state index in [1.165, 1.54) is 105 Å². The summed E-state index contributed by atoms with van der Waals surface area (Å²) in [5, 5.41) is 2.41. The lowest BCUT2D eigenvalue weighted by molar-refractivity contribution is 1.08. The summed E-state index contributed by atoms with van der Waals surface area (Å²) in [4.78, 5) is 8.19. The van der Waals surface area contributed by atoms with E-state index in [0.29, 0.717) is 0 Å². The molecule has 2 aromatic heterocycles. The number of rotatable bonds is 5. The summed E-state index contributed by atoms with van der Waals surface area (Å²) >= 11 is 1.97. The Bertz CT molecular complexity index is 2840. The van der Waals surface area contributed by atoms with E-state index in [-0.39, 0.29) is 0 Å². The lowest BCUT2D eigenvalue weighted by Gasteiger charge is -2.25. The second-order valence-corrected chi connectivity index (χ2v) is 16.4. The molecule has 0 fully saturated rings. The average Bonchev–Trinajstić information content (AvgIpc) is 3.77. The van der Waals surface area contributed by atoms with Crippen LogP contribution in [0.3, 0.4) is 0 Å². The van der Waals surface area contributed by atoms with Gasteiger partial charge in [0.25, 0.3) is 0 Å². The lowest BCUT2D eigenvalue weighted by Crippen LogP contribution is -2.11. The molecule has 0 amide bonds. The first-order valence-corrected chi connectivity index (χ1v) is 20.6. The average molecular weight is 742 g/mol. The Morgan fingerprint density at radius 1 is 0.643 bits per heavy atom. The molecule has 0 saturated carbocycles. The number of benzene rings is 6. The van der Waals surface area contributed by atoms with E-state index >= 15 is 0 Å². The number of fused-ring (bicyclic) bond motifs is 7. The molecule has 8 aromatic rings. The van der Waals surface area contributed by atoms with Gasteiger partial charge in [-0.25, -0.2) is 0 Å². The number of aromatic nitrogens is 2. The van der Waals surface area contributed by atoms with Crippen molar-refractivity contribution in [3.63, 3.8) is 0 Å². The molecule has 0 unspecified atom stereocenters. The molecule has 1 aliphatic heterocycles. The largest absolute Gasteiger partial charge is 0.344 e. The molecule has 1 aliphatic carbocycles. The van der Waals surface area contributed by atoms with Gasteiger partial charge in [-0.05, 0) is 132 Å². The normalized spacial score (nSPS) is 15.7. The molecule has 272 valence electrons. The molecular formula is C52H43N3S. The molecule has 0 bridgehead atoms. The van der Waals surface area contributed by atoms with E-state index in [1.807, 2.05) is 24.2 Å². The molecule has 2 aliphatic rings. The number of para-hydroxylation sites is 2. The number of pyridine rings is 1. The van der Waals surface area contributed by atoms with Gasteiger partial charge in [0.1, 0.15) is 0 Å². The highest BCUT2D eigenvalue weighted by atomic mass is 32.2. The third-order valence-corrected chi connectivity index (χ3v) is 12.8. The highest BCUT2D eigenvalue weighted by molar-refractivity contribution is 7.99. The summed E-state index contributed by atoms with van der Waals surface area (Å²) in [7, 11) is 2.20. The fraction of sp³-hybridized carbons (Fsp3) is 0.135. The monoisotopic (exact) mass is 741 g/mol. The van der Waals surface area contributed by atoms with E-state index in [2.05, 4.69) is 181 Å². The topological polar surface area (TPSA) is 21.1 Å². The molecule has 3 heterocycles. The highest BCUT2D eigenvalue weighted by Gasteiger charge is 2.22. The van der Waals surface area contributed by atoms with E-state index in [1.54, 1.807) is 0 Å². The zero-order valence-corrected chi connectivity index (χ0v) is 32.9. The SMILES string of the molecule is C/C1=C(c2ccc3c(c2)-c2cc(-n4c5ccccc5c5cnccc54)ccc2C3)\C=C/CCSc2ccc(N(C)c3ccccc3-c3cccc(C)c3)cc2C1. The van der Waals surface area contributed by atoms with Gasteiger partial charge in [-0.2, -0.15) is 0 Å². The lowest BCUT2D eigenvalue weighted by atomic mass is 9.92. The summed E-state index contributed by atoms with van der Waals surface area (Å²) in [6, 6.07) is 49.6. The van der Waals surface area contributed by atoms with Crippen LogP contribution >= 0.6 is 11.8 Å². The molecule has 0 N–H and O–H groups in total. The van der Waals surface area contributed by atoms with Crippen LogP contribution in [0.4, 0.5) is 11.4 Å². The van der Waals surface area contributed by atoms with Gasteiger partial charge < -0.3 is 9.47 Å². The number of nitrogens with zero attached hydrogens (tertiary/aromatic N) is 3. The Morgan fingerprint density at radius 3 is 2.38 bits per heavy atom. The Kier molecular flexibility index (Phi) is 8.72. The zero-order chi connectivity index (χ0) is 37.8. The quantitative estimate of drug-likeness (QED) is 0.175. The van der Waals surface area contributed by atoms with Gasteiger partial charge in [0.15, 0.2) is 0 Å². The standard InChI is InChI=1S/C52H43N3S/c1-34-11-10-12-36(27-34)44-14-4-6-16-49(44)54(3)41-22-23-52-40(30-41)28-35(2)43(13-8-9-26-56-52)39-19-18-37-29-38-20-21-42(32-47(38)46(37)31-39)55-50-17-7-5-15-45(50)48-33-53-25-24-51(48)55/h4-8,10-25,27,30-33H,9,26,28-29H2,1-3H3/b13-8-,43-35-. The van der Waals surface area contributed by atoms with Crippen LogP contribution in [-0.2, 0) is 12.8 Å². The van der Waals surface area contributed by atoms with Crippen LogP contribution in [0.5, 0.6) is 0 Å². The van der Waals surface area contributed by atoms with Crippen LogP contribution in [0.2, 0.25) is 0 Å².